The summed E-state index contributed by atoms with van der Waals surface area (Å²) in [5.74, 6) is 2.13. The molecule has 1 aliphatic rings. The Bertz CT molecular complexity index is 651. The molecule has 1 heterocycles. The lowest BCUT2D eigenvalue weighted by molar-refractivity contribution is 0.248. The van der Waals surface area contributed by atoms with Crippen LogP contribution in [0.2, 0.25) is 0 Å². The fourth-order valence-corrected chi connectivity index (χ4v) is 3.92. The van der Waals surface area contributed by atoms with Crippen molar-refractivity contribution in [2.75, 3.05) is 43.4 Å². The number of hydrogen-bond acceptors (Lipinski definition) is 4. The molecular weight excluding hydrogens is 328 g/mol. The van der Waals surface area contributed by atoms with Crippen LogP contribution in [-0.2, 0) is 6.54 Å². The fraction of sp³-hybridized carbons (Fsp3) is 0.429. The third-order valence-electron chi connectivity index (χ3n) is 4.52. The second-order valence-electron chi connectivity index (χ2n) is 6.24. The molecule has 2 aromatic rings. The van der Waals surface area contributed by atoms with Crippen LogP contribution >= 0.6 is 11.8 Å². The molecule has 0 saturated carbocycles. The highest BCUT2D eigenvalue weighted by molar-refractivity contribution is 7.99. The highest BCUT2D eigenvalue weighted by Gasteiger charge is 2.19. The molecule has 1 saturated heterocycles. The summed E-state index contributed by atoms with van der Waals surface area (Å²) in [4.78, 5) is 6.35. The number of nitrogens with zero attached hydrogens (tertiary/aromatic N) is 2. The second kappa shape index (κ2) is 9.16. The Morgan fingerprint density at radius 1 is 0.920 bits per heavy atom. The van der Waals surface area contributed by atoms with Gasteiger partial charge in [-0.1, -0.05) is 31.2 Å². The van der Waals surface area contributed by atoms with Crippen molar-refractivity contribution in [2.45, 2.75) is 25.3 Å². The Hall–Kier alpha value is -1.65. The number of rotatable bonds is 7. The number of anilines is 1. The first kappa shape index (κ1) is 18.2. The highest BCUT2D eigenvalue weighted by atomic mass is 32.2. The van der Waals surface area contributed by atoms with Gasteiger partial charge < -0.3 is 9.64 Å². The molecule has 1 fully saturated rings. The van der Waals surface area contributed by atoms with E-state index >= 15 is 0 Å². The van der Waals surface area contributed by atoms with Crippen molar-refractivity contribution in [1.82, 2.24) is 4.90 Å². The zero-order valence-corrected chi connectivity index (χ0v) is 16.1. The molecule has 0 amide bonds. The third kappa shape index (κ3) is 4.93. The van der Waals surface area contributed by atoms with E-state index in [1.165, 1.54) is 16.1 Å². The Balaban J connectivity index is 1.55. The summed E-state index contributed by atoms with van der Waals surface area (Å²) in [6.07, 6.45) is 0. The van der Waals surface area contributed by atoms with Gasteiger partial charge in [-0.25, -0.2) is 0 Å². The predicted molar refractivity (Wildman–Crippen MR) is 108 cm³/mol. The monoisotopic (exact) mass is 356 g/mol. The molecule has 0 aliphatic carbocycles. The van der Waals surface area contributed by atoms with Crippen molar-refractivity contribution in [3.63, 3.8) is 0 Å². The summed E-state index contributed by atoms with van der Waals surface area (Å²) < 4.78 is 5.79. The largest absolute Gasteiger partial charge is 0.492 e. The van der Waals surface area contributed by atoms with Crippen LogP contribution in [0.25, 0.3) is 0 Å². The van der Waals surface area contributed by atoms with E-state index in [0.717, 1.165) is 44.2 Å². The number of thioether (sulfide) groups is 1. The maximum Gasteiger partial charge on any atom is 0.142 e. The maximum absolute atomic E-state index is 5.79. The molecule has 3 nitrogen and oxygen atoms in total. The van der Waals surface area contributed by atoms with Gasteiger partial charge in [-0.2, -0.15) is 0 Å². The quantitative estimate of drug-likeness (QED) is 0.678. The number of benzene rings is 2. The second-order valence-corrected chi connectivity index (χ2v) is 7.58. The zero-order chi connectivity index (χ0) is 17.5. The molecule has 0 N–H and O–H groups in total. The highest BCUT2D eigenvalue weighted by Crippen LogP contribution is 2.29. The standard InChI is InChI=1S/C21H28N2OS/c1-3-24-21-8-6-5-7-20(21)23-15-13-22(14-16-23)17-18-9-11-19(12-10-18)25-4-2/h5-12H,3-4,13-17H2,1-2H3. The SMILES string of the molecule is CCOc1ccccc1N1CCN(Cc2ccc(SCC)cc2)CC1. The minimum atomic E-state index is 0.712. The average molecular weight is 357 g/mol. The molecule has 0 aromatic heterocycles. The van der Waals surface area contributed by atoms with Gasteiger partial charge in [0.05, 0.1) is 12.3 Å². The molecular formula is C21H28N2OS. The Morgan fingerprint density at radius 3 is 2.32 bits per heavy atom. The van der Waals surface area contributed by atoms with Crippen molar-refractivity contribution in [3.8, 4) is 5.75 Å². The van der Waals surface area contributed by atoms with Gasteiger partial charge in [0.15, 0.2) is 0 Å². The van der Waals surface area contributed by atoms with Gasteiger partial charge in [0, 0.05) is 37.6 Å². The maximum atomic E-state index is 5.79. The Labute approximate surface area is 156 Å². The lowest BCUT2D eigenvalue weighted by Gasteiger charge is -2.36. The topological polar surface area (TPSA) is 15.7 Å². The third-order valence-corrected chi connectivity index (χ3v) is 5.41. The Morgan fingerprint density at radius 2 is 1.64 bits per heavy atom. The van der Waals surface area contributed by atoms with Crippen molar-refractivity contribution < 1.29 is 4.74 Å². The van der Waals surface area contributed by atoms with E-state index in [2.05, 4.69) is 59.2 Å². The van der Waals surface area contributed by atoms with E-state index in [-0.39, 0.29) is 0 Å². The average Bonchev–Trinajstić information content (AvgIpc) is 2.65. The van der Waals surface area contributed by atoms with Gasteiger partial charge in [0.25, 0.3) is 0 Å². The van der Waals surface area contributed by atoms with Crippen molar-refractivity contribution in [2.24, 2.45) is 0 Å². The van der Waals surface area contributed by atoms with Crippen LogP contribution in [0, 0.1) is 0 Å². The molecule has 0 spiro atoms. The van der Waals surface area contributed by atoms with Gasteiger partial charge >= 0.3 is 0 Å². The van der Waals surface area contributed by atoms with Gasteiger partial charge in [0.1, 0.15) is 5.75 Å². The minimum absolute atomic E-state index is 0.712. The van der Waals surface area contributed by atoms with Crippen LogP contribution in [0.1, 0.15) is 19.4 Å². The van der Waals surface area contributed by atoms with Crippen LogP contribution < -0.4 is 9.64 Å². The summed E-state index contributed by atoms with van der Waals surface area (Å²) in [5.41, 5.74) is 2.63. The van der Waals surface area contributed by atoms with Crippen LogP contribution in [0.4, 0.5) is 5.69 Å². The van der Waals surface area contributed by atoms with Gasteiger partial charge in [0.2, 0.25) is 0 Å². The van der Waals surface area contributed by atoms with Gasteiger partial charge in [-0.05, 0) is 42.5 Å². The summed E-state index contributed by atoms with van der Waals surface area (Å²) in [6, 6.07) is 17.4. The molecule has 0 atom stereocenters. The summed E-state index contributed by atoms with van der Waals surface area (Å²) in [5, 5.41) is 0. The van der Waals surface area contributed by atoms with Crippen LogP contribution in [0.5, 0.6) is 5.75 Å². The fourth-order valence-electron chi connectivity index (χ4n) is 3.26. The first-order valence-corrected chi connectivity index (χ1v) is 10.2. The van der Waals surface area contributed by atoms with E-state index in [1.54, 1.807) is 0 Å². The van der Waals surface area contributed by atoms with Gasteiger partial charge in [-0.15, -0.1) is 11.8 Å². The Kier molecular flexibility index (Phi) is 6.65. The lowest BCUT2D eigenvalue weighted by Crippen LogP contribution is -2.46. The molecule has 25 heavy (non-hydrogen) atoms. The summed E-state index contributed by atoms with van der Waals surface area (Å²) in [7, 11) is 0. The molecule has 3 rings (SSSR count). The molecule has 4 heteroatoms. The van der Waals surface area contributed by atoms with Crippen LogP contribution in [-0.4, -0.2) is 43.4 Å². The van der Waals surface area contributed by atoms with Crippen molar-refractivity contribution >= 4 is 17.4 Å². The first-order valence-electron chi connectivity index (χ1n) is 9.21. The van der Waals surface area contributed by atoms with E-state index in [0.29, 0.717) is 6.61 Å². The van der Waals surface area contributed by atoms with Crippen LogP contribution in [0.15, 0.2) is 53.4 Å². The number of ether oxygens (including phenoxy) is 1. The number of hydrogen-bond donors (Lipinski definition) is 0. The molecule has 2 aromatic carbocycles. The molecule has 1 aliphatic heterocycles. The molecule has 134 valence electrons. The van der Waals surface area contributed by atoms with E-state index < -0.39 is 0 Å². The van der Waals surface area contributed by atoms with E-state index in [1.807, 2.05) is 24.8 Å². The minimum Gasteiger partial charge on any atom is -0.492 e. The normalized spacial score (nSPS) is 15.4. The lowest BCUT2D eigenvalue weighted by atomic mass is 10.2. The van der Waals surface area contributed by atoms with Crippen molar-refractivity contribution in [1.29, 1.82) is 0 Å². The zero-order valence-electron chi connectivity index (χ0n) is 15.3. The molecule has 0 bridgehead atoms. The van der Waals surface area contributed by atoms with E-state index in [9.17, 15) is 0 Å². The molecule has 0 unspecified atom stereocenters. The predicted octanol–water partition coefficient (Wildman–Crippen LogP) is 4.52. The summed E-state index contributed by atoms with van der Waals surface area (Å²) >= 11 is 1.90. The van der Waals surface area contributed by atoms with E-state index in [4.69, 9.17) is 4.74 Å². The van der Waals surface area contributed by atoms with Crippen LogP contribution in [0.3, 0.4) is 0 Å². The summed E-state index contributed by atoms with van der Waals surface area (Å²) in [6.45, 7) is 10.3. The van der Waals surface area contributed by atoms with Crippen molar-refractivity contribution in [3.05, 3.63) is 54.1 Å². The number of para-hydroxylation sites is 2. The molecule has 0 radical (unpaired) electrons. The number of piperazine rings is 1. The van der Waals surface area contributed by atoms with Gasteiger partial charge in [-0.3, -0.25) is 4.90 Å². The first-order chi connectivity index (χ1) is 12.3. The smallest absolute Gasteiger partial charge is 0.142 e.